The summed E-state index contributed by atoms with van der Waals surface area (Å²) in [7, 11) is 0. The van der Waals surface area contributed by atoms with Crippen molar-refractivity contribution in [1.82, 2.24) is 0 Å². The number of nitrogens with zero attached hydrogens (tertiary/aromatic N) is 2. The van der Waals surface area contributed by atoms with E-state index in [1.165, 1.54) is 36.2 Å². The van der Waals surface area contributed by atoms with E-state index < -0.39 is 5.72 Å². The molecule has 0 bridgehead atoms. The van der Waals surface area contributed by atoms with E-state index in [1.807, 2.05) is 0 Å². The second-order valence-corrected chi connectivity index (χ2v) is 7.50. The third kappa shape index (κ3) is 3.33. The van der Waals surface area contributed by atoms with E-state index in [-0.39, 0.29) is 17.0 Å². The highest BCUT2D eigenvalue weighted by Gasteiger charge is 2.53. The Kier molecular flexibility index (Phi) is 5.54. The Morgan fingerprint density at radius 3 is 2.15 bits per heavy atom. The Labute approximate surface area is 166 Å². The minimum Gasteiger partial charge on any atom is -1.00 e. The average Bonchev–Trinajstić information content (AvgIpc) is 2.74. The molecule has 0 amide bonds. The monoisotopic (exact) mass is 414 g/mol. The molecule has 0 saturated carbocycles. The van der Waals surface area contributed by atoms with Gasteiger partial charge in [0.15, 0.2) is 6.54 Å². The molecule has 2 heterocycles. The first-order valence-corrected chi connectivity index (χ1v) is 9.35. The van der Waals surface area contributed by atoms with Crippen LogP contribution in [0.1, 0.15) is 42.4 Å². The largest absolute Gasteiger partial charge is 1.00 e. The van der Waals surface area contributed by atoms with E-state index in [4.69, 9.17) is 0 Å². The van der Waals surface area contributed by atoms with E-state index in [1.54, 1.807) is 0 Å². The van der Waals surface area contributed by atoms with Crippen molar-refractivity contribution < 1.29 is 26.7 Å². The SMILES string of the molecule is Cc1ccc(N2C3=[N+](CCCCC3)CC2(O)c2ccc(C)cc2)cc1.[Br-]. The maximum atomic E-state index is 11.8. The van der Waals surface area contributed by atoms with Crippen LogP contribution < -0.4 is 21.9 Å². The van der Waals surface area contributed by atoms with Crippen LogP contribution in [0.5, 0.6) is 0 Å². The standard InChI is InChI=1S/C22H27N2O.BrH/c1-17-7-11-19(12-8-17)22(25)16-23-15-5-3-4-6-21(23)24(22)20-13-9-18(2)10-14-20;/h7-14,25H,3-6,15-16H2,1-2H3;1H/q+1;/p-1. The van der Waals surface area contributed by atoms with Crippen LogP contribution in [-0.4, -0.2) is 28.6 Å². The fourth-order valence-corrected chi connectivity index (χ4v) is 4.12. The summed E-state index contributed by atoms with van der Waals surface area (Å²) in [6.07, 6.45) is 4.69. The summed E-state index contributed by atoms with van der Waals surface area (Å²) >= 11 is 0. The van der Waals surface area contributed by atoms with Crippen LogP contribution >= 0.6 is 0 Å². The molecule has 3 nitrogen and oxygen atoms in total. The molecule has 0 saturated heterocycles. The van der Waals surface area contributed by atoms with Crippen LogP contribution in [0.25, 0.3) is 0 Å². The summed E-state index contributed by atoms with van der Waals surface area (Å²) in [5.41, 5.74) is 3.50. The van der Waals surface area contributed by atoms with Crippen molar-refractivity contribution in [2.24, 2.45) is 0 Å². The van der Waals surface area contributed by atoms with Crippen LogP contribution in [0.2, 0.25) is 0 Å². The van der Waals surface area contributed by atoms with Crippen LogP contribution in [0.4, 0.5) is 5.69 Å². The Bertz CT molecular complexity index is 798. The van der Waals surface area contributed by atoms with E-state index in [9.17, 15) is 5.11 Å². The molecule has 1 atom stereocenters. The number of hydrogen-bond acceptors (Lipinski definition) is 2. The number of hydrogen-bond donors (Lipinski definition) is 1. The predicted octanol–water partition coefficient (Wildman–Crippen LogP) is 0.958. The summed E-state index contributed by atoms with van der Waals surface area (Å²) in [5.74, 6) is 1.27. The molecule has 138 valence electrons. The Morgan fingerprint density at radius 1 is 0.885 bits per heavy atom. The van der Waals surface area contributed by atoms with Crippen molar-refractivity contribution in [1.29, 1.82) is 0 Å². The maximum absolute atomic E-state index is 11.8. The zero-order valence-corrected chi connectivity index (χ0v) is 17.2. The lowest BCUT2D eigenvalue weighted by atomic mass is 9.98. The van der Waals surface area contributed by atoms with Crippen LogP contribution in [0.15, 0.2) is 48.5 Å². The van der Waals surface area contributed by atoms with Crippen LogP contribution in [0, 0.1) is 13.8 Å². The molecular weight excluding hydrogens is 388 g/mol. The van der Waals surface area contributed by atoms with Crippen molar-refractivity contribution in [2.45, 2.75) is 45.3 Å². The lowest BCUT2D eigenvalue weighted by molar-refractivity contribution is -0.534. The first-order valence-electron chi connectivity index (χ1n) is 9.35. The van der Waals surface area contributed by atoms with Gasteiger partial charge in [-0.3, -0.25) is 4.58 Å². The number of aryl methyl sites for hydroxylation is 2. The normalized spacial score (nSPS) is 22.7. The second-order valence-electron chi connectivity index (χ2n) is 7.50. The predicted molar refractivity (Wildman–Crippen MR) is 102 cm³/mol. The third-order valence-corrected chi connectivity index (χ3v) is 5.54. The summed E-state index contributed by atoms with van der Waals surface area (Å²) in [4.78, 5) is 2.18. The molecule has 0 radical (unpaired) electrons. The van der Waals surface area contributed by atoms with Crippen molar-refractivity contribution in [3.63, 3.8) is 0 Å². The highest BCUT2D eigenvalue weighted by molar-refractivity contribution is 5.97. The molecule has 0 fully saturated rings. The molecule has 26 heavy (non-hydrogen) atoms. The molecule has 2 aromatic carbocycles. The van der Waals surface area contributed by atoms with E-state index in [0.29, 0.717) is 6.54 Å². The molecule has 0 aromatic heterocycles. The Morgan fingerprint density at radius 2 is 1.50 bits per heavy atom. The van der Waals surface area contributed by atoms with E-state index in [0.717, 1.165) is 24.2 Å². The number of rotatable bonds is 2. The van der Waals surface area contributed by atoms with Crippen molar-refractivity contribution >= 4 is 11.5 Å². The molecule has 4 rings (SSSR count). The third-order valence-electron chi connectivity index (χ3n) is 5.54. The lowest BCUT2D eigenvalue weighted by Gasteiger charge is -2.29. The number of aliphatic hydroxyl groups is 1. The number of halogens is 1. The van der Waals surface area contributed by atoms with Crippen LogP contribution in [-0.2, 0) is 5.72 Å². The number of amidine groups is 1. The first-order chi connectivity index (χ1) is 12.1. The zero-order chi connectivity index (χ0) is 17.4. The lowest BCUT2D eigenvalue weighted by Crippen LogP contribution is -3.00. The summed E-state index contributed by atoms with van der Waals surface area (Å²) in [6, 6.07) is 16.9. The van der Waals surface area contributed by atoms with E-state index in [2.05, 4.69) is 71.9 Å². The highest BCUT2D eigenvalue weighted by Crippen LogP contribution is 2.37. The van der Waals surface area contributed by atoms with Crippen molar-refractivity contribution in [2.75, 3.05) is 18.0 Å². The molecule has 2 aliphatic rings. The average molecular weight is 415 g/mol. The van der Waals surface area contributed by atoms with Gasteiger partial charge in [0.1, 0.15) is 5.69 Å². The molecule has 4 heteroatoms. The topological polar surface area (TPSA) is 26.5 Å². The Hall–Kier alpha value is -1.65. The maximum Gasteiger partial charge on any atom is 0.275 e. The van der Waals surface area contributed by atoms with Crippen molar-refractivity contribution in [3.8, 4) is 0 Å². The van der Waals surface area contributed by atoms with Gasteiger partial charge in [0.2, 0.25) is 0 Å². The summed E-state index contributed by atoms with van der Waals surface area (Å²) in [6.45, 7) is 5.86. The summed E-state index contributed by atoms with van der Waals surface area (Å²) < 4.78 is 2.40. The highest BCUT2D eigenvalue weighted by atomic mass is 79.9. The fourth-order valence-electron chi connectivity index (χ4n) is 4.12. The van der Waals surface area contributed by atoms with Gasteiger partial charge in [-0.1, -0.05) is 47.5 Å². The molecule has 0 aliphatic carbocycles. The van der Waals surface area contributed by atoms with E-state index >= 15 is 0 Å². The molecular formula is C22H27BrN2O. The number of anilines is 1. The minimum absolute atomic E-state index is 0. The van der Waals surface area contributed by atoms with Gasteiger partial charge in [0.05, 0.1) is 6.54 Å². The smallest absolute Gasteiger partial charge is 0.275 e. The second kappa shape index (κ2) is 7.53. The summed E-state index contributed by atoms with van der Waals surface area (Å²) in [5, 5.41) is 11.8. The zero-order valence-electron chi connectivity index (χ0n) is 15.6. The molecule has 2 aliphatic heterocycles. The van der Waals surface area contributed by atoms with Gasteiger partial charge in [-0.15, -0.1) is 0 Å². The van der Waals surface area contributed by atoms with Crippen LogP contribution in [0.3, 0.4) is 0 Å². The molecule has 1 unspecified atom stereocenters. The first kappa shape index (κ1) is 19.1. The quantitative estimate of drug-likeness (QED) is 0.740. The van der Waals surface area contributed by atoms with Gasteiger partial charge in [0, 0.05) is 12.0 Å². The Balaban J connectivity index is 0.00000196. The van der Waals surface area contributed by atoms with Crippen molar-refractivity contribution in [3.05, 3.63) is 65.2 Å². The molecule has 1 N–H and O–H groups in total. The minimum atomic E-state index is -1.00. The van der Waals surface area contributed by atoms with Gasteiger partial charge in [-0.25, -0.2) is 0 Å². The van der Waals surface area contributed by atoms with Gasteiger partial charge >= 0.3 is 0 Å². The van der Waals surface area contributed by atoms with Gasteiger partial charge in [-0.2, -0.15) is 4.90 Å². The van der Waals surface area contributed by atoms with Gasteiger partial charge in [0.25, 0.3) is 11.6 Å². The number of benzene rings is 2. The van der Waals surface area contributed by atoms with Gasteiger partial charge in [-0.05, 0) is 45.2 Å². The van der Waals surface area contributed by atoms with Gasteiger partial charge < -0.3 is 22.1 Å². The molecule has 0 spiro atoms. The fraction of sp³-hybridized carbons (Fsp3) is 0.409. The molecule has 2 aromatic rings.